The average Bonchev–Trinajstić information content (AvgIpc) is 3.68. The number of benzene rings is 3. The van der Waals surface area contributed by atoms with E-state index < -0.39 is 0 Å². The van der Waals surface area contributed by atoms with E-state index in [9.17, 15) is 9.18 Å². The fraction of sp³-hybridized carbons (Fsp3) is 0.281. The SMILES string of the molecule is Cc1ccccc1-c1cc(F)ccc1Oc1cncnc1N1CCC2(CCN(Cc3ccc4[nH]c(=O)[nH]c4c3)C2)C1. The van der Waals surface area contributed by atoms with E-state index in [-0.39, 0.29) is 16.9 Å². The number of ether oxygens (including phenoxy) is 1. The Kier molecular flexibility index (Phi) is 6.31. The molecule has 7 rings (SSSR count). The number of anilines is 1. The number of aryl methyl sites for hydroxylation is 1. The molecule has 3 aromatic carbocycles. The van der Waals surface area contributed by atoms with Crippen molar-refractivity contribution in [1.29, 1.82) is 0 Å². The minimum absolute atomic E-state index is 0.177. The number of imidazole rings is 1. The lowest BCUT2D eigenvalue weighted by Gasteiger charge is -2.26. The number of likely N-dealkylation sites (tertiary alicyclic amines) is 1. The van der Waals surface area contributed by atoms with Crippen LogP contribution < -0.4 is 15.3 Å². The summed E-state index contributed by atoms with van der Waals surface area (Å²) < 4.78 is 20.8. The second-order valence-corrected chi connectivity index (χ2v) is 11.4. The smallest absolute Gasteiger partial charge is 0.323 e. The van der Waals surface area contributed by atoms with E-state index in [2.05, 4.69) is 41.9 Å². The van der Waals surface area contributed by atoms with Gasteiger partial charge in [-0.05, 0) is 73.3 Å². The third-order valence-corrected chi connectivity index (χ3v) is 8.50. The zero-order valence-corrected chi connectivity index (χ0v) is 22.9. The number of fused-ring (bicyclic) bond motifs is 1. The molecule has 2 fully saturated rings. The van der Waals surface area contributed by atoms with Crippen LogP contribution in [-0.2, 0) is 6.54 Å². The molecule has 41 heavy (non-hydrogen) atoms. The number of aromatic nitrogens is 4. The van der Waals surface area contributed by atoms with E-state index >= 15 is 0 Å². The lowest BCUT2D eigenvalue weighted by Crippen LogP contribution is -2.31. The Morgan fingerprint density at radius 1 is 0.951 bits per heavy atom. The molecule has 2 saturated heterocycles. The first-order valence-corrected chi connectivity index (χ1v) is 14.0. The Balaban J connectivity index is 1.09. The summed E-state index contributed by atoms with van der Waals surface area (Å²) in [7, 11) is 0. The monoisotopic (exact) mass is 550 g/mol. The lowest BCUT2D eigenvalue weighted by molar-refractivity contribution is 0.270. The zero-order valence-electron chi connectivity index (χ0n) is 22.9. The Bertz CT molecular complexity index is 1800. The quantitative estimate of drug-likeness (QED) is 0.284. The molecule has 2 N–H and O–H groups in total. The first kappa shape index (κ1) is 25.5. The van der Waals surface area contributed by atoms with Crippen molar-refractivity contribution in [3.05, 3.63) is 101 Å². The van der Waals surface area contributed by atoms with Crippen LogP contribution in [0.1, 0.15) is 24.0 Å². The summed E-state index contributed by atoms with van der Waals surface area (Å²) in [5.74, 6) is 1.58. The highest BCUT2D eigenvalue weighted by atomic mass is 19.1. The summed E-state index contributed by atoms with van der Waals surface area (Å²) in [5, 5.41) is 0. The van der Waals surface area contributed by atoms with E-state index in [0.717, 1.165) is 73.5 Å². The highest BCUT2D eigenvalue weighted by Gasteiger charge is 2.44. The number of halogens is 1. The Morgan fingerprint density at radius 3 is 2.71 bits per heavy atom. The van der Waals surface area contributed by atoms with Crippen LogP contribution in [-0.4, -0.2) is 51.0 Å². The van der Waals surface area contributed by atoms with Crippen molar-refractivity contribution in [2.45, 2.75) is 26.3 Å². The molecular formula is C32H31FN6O2. The molecule has 1 unspecified atom stereocenters. The first-order chi connectivity index (χ1) is 19.9. The van der Waals surface area contributed by atoms with Crippen LogP contribution in [0.3, 0.4) is 0 Å². The maximum atomic E-state index is 14.3. The van der Waals surface area contributed by atoms with Gasteiger partial charge >= 0.3 is 5.69 Å². The first-order valence-electron chi connectivity index (χ1n) is 14.0. The molecule has 208 valence electrons. The van der Waals surface area contributed by atoms with E-state index in [0.29, 0.717) is 17.1 Å². The second kappa shape index (κ2) is 10.2. The molecular weight excluding hydrogens is 519 g/mol. The van der Waals surface area contributed by atoms with Crippen LogP contribution in [0.5, 0.6) is 11.5 Å². The predicted octanol–water partition coefficient (Wildman–Crippen LogP) is 5.66. The van der Waals surface area contributed by atoms with E-state index in [1.54, 1.807) is 18.6 Å². The van der Waals surface area contributed by atoms with Crippen molar-refractivity contribution in [3.63, 3.8) is 0 Å². The number of nitrogens with zero attached hydrogens (tertiary/aromatic N) is 4. The van der Waals surface area contributed by atoms with Gasteiger partial charge in [-0.3, -0.25) is 4.90 Å². The molecule has 0 aliphatic carbocycles. The minimum Gasteiger partial charge on any atom is -0.451 e. The number of aromatic amines is 2. The molecule has 0 saturated carbocycles. The minimum atomic E-state index is -0.311. The summed E-state index contributed by atoms with van der Waals surface area (Å²) in [4.78, 5) is 31.0. The average molecular weight is 551 g/mol. The van der Waals surface area contributed by atoms with Gasteiger partial charge in [0.1, 0.15) is 17.9 Å². The maximum Gasteiger partial charge on any atom is 0.323 e. The molecule has 4 heterocycles. The molecule has 5 aromatic rings. The summed E-state index contributed by atoms with van der Waals surface area (Å²) in [6, 6.07) is 18.6. The normalized spacial score (nSPS) is 19.0. The van der Waals surface area contributed by atoms with Gasteiger partial charge in [-0.25, -0.2) is 19.2 Å². The van der Waals surface area contributed by atoms with Gasteiger partial charge in [-0.15, -0.1) is 0 Å². The van der Waals surface area contributed by atoms with Gasteiger partial charge in [0.25, 0.3) is 0 Å². The Morgan fingerprint density at radius 2 is 1.80 bits per heavy atom. The fourth-order valence-electron chi connectivity index (χ4n) is 6.46. The van der Waals surface area contributed by atoms with E-state index in [1.165, 1.54) is 17.7 Å². The summed E-state index contributed by atoms with van der Waals surface area (Å²) in [6.45, 7) is 6.65. The standard InChI is InChI=1S/C32H31FN6O2/c1-21-4-2-3-5-24(21)25-15-23(33)7-9-28(25)41-29-16-34-20-35-30(29)39-13-11-32(19-39)10-12-38(18-32)17-22-6-8-26-27(14-22)37-31(40)36-26/h2-9,14-16,20H,10-13,17-19H2,1H3,(H2,36,37,40). The van der Waals surface area contributed by atoms with Crippen molar-refractivity contribution in [2.75, 3.05) is 31.1 Å². The number of nitrogens with one attached hydrogen (secondary N) is 2. The Hall–Kier alpha value is -4.50. The van der Waals surface area contributed by atoms with Gasteiger partial charge in [0.15, 0.2) is 11.6 Å². The van der Waals surface area contributed by atoms with Crippen LogP contribution >= 0.6 is 0 Å². The molecule has 8 nitrogen and oxygen atoms in total. The molecule has 2 aliphatic heterocycles. The molecule has 0 amide bonds. The van der Waals surface area contributed by atoms with Crippen LogP contribution in [0.4, 0.5) is 10.2 Å². The third kappa shape index (κ3) is 4.97. The van der Waals surface area contributed by atoms with Gasteiger partial charge in [0, 0.05) is 37.2 Å². The van der Waals surface area contributed by atoms with Crippen LogP contribution in [0.15, 0.2) is 78.0 Å². The number of hydrogen-bond donors (Lipinski definition) is 2. The number of hydrogen-bond acceptors (Lipinski definition) is 6. The molecule has 2 aromatic heterocycles. The number of rotatable bonds is 6. The van der Waals surface area contributed by atoms with Crippen molar-refractivity contribution in [1.82, 2.24) is 24.8 Å². The van der Waals surface area contributed by atoms with E-state index in [1.807, 2.05) is 37.3 Å². The van der Waals surface area contributed by atoms with Crippen molar-refractivity contribution >= 4 is 16.9 Å². The third-order valence-electron chi connectivity index (χ3n) is 8.50. The maximum absolute atomic E-state index is 14.3. The molecule has 0 bridgehead atoms. The molecule has 9 heteroatoms. The zero-order chi connectivity index (χ0) is 28.0. The largest absolute Gasteiger partial charge is 0.451 e. The topological polar surface area (TPSA) is 90.1 Å². The van der Waals surface area contributed by atoms with Crippen LogP contribution in [0, 0.1) is 18.2 Å². The lowest BCUT2D eigenvalue weighted by atomic mass is 9.86. The molecule has 1 atom stereocenters. The molecule has 2 aliphatic rings. The van der Waals surface area contributed by atoms with Gasteiger partial charge in [-0.1, -0.05) is 30.3 Å². The van der Waals surface area contributed by atoms with Gasteiger partial charge < -0.3 is 19.6 Å². The van der Waals surface area contributed by atoms with Crippen LogP contribution in [0.25, 0.3) is 22.2 Å². The Labute approximate surface area is 236 Å². The summed E-state index contributed by atoms with van der Waals surface area (Å²) in [6.07, 6.45) is 5.44. The summed E-state index contributed by atoms with van der Waals surface area (Å²) in [5.41, 5.74) is 5.53. The van der Waals surface area contributed by atoms with Gasteiger partial charge in [0.05, 0.1) is 17.2 Å². The highest BCUT2D eigenvalue weighted by Crippen LogP contribution is 2.44. The van der Waals surface area contributed by atoms with Gasteiger partial charge in [-0.2, -0.15) is 0 Å². The highest BCUT2D eigenvalue weighted by molar-refractivity contribution is 5.75. The van der Waals surface area contributed by atoms with Crippen molar-refractivity contribution < 1.29 is 9.13 Å². The fourth-order valence-corrected chi connectivity index (χ4v) is 6.46. The number of H-pyrrole nitrogens is 2. The molecule has 1 spiro atoms. The van der Waals surface area contributed by atoms with E-state index in [4.69, 9.17) is 4.74 Å². The van der Waals surface area contributed by atoms with Crippen molar-refractivity contribution in [2.24, 2.45) is 5.41 Å². The predicted molar refractivity (Wildman–Crippen MR) is 157 cm³/mol. The summed E-state index contributed by atoms with van der Waals surface area (Å²) >= 11 is 0. The second-order valence-electron chi connectivity index (χ2n) is 11.4. The van der Waals surface area contributed by atoms with Gasteiger partial charge in [0.2, 0.25) is 0 Å². The van der Waals surface area contributed by atoms with Crippen LogP contribution in [0.2, 0.25) is 0 Å². The molecule has 0 radical (unpaired) electrons. The van der Waals surface area contributed by atoms with Crippen molar-refractivity contribution in [3.8, 4) is 22.6 Å².